The van der Waals surface area contributed by atoms with Crippen molar-refractivity contribution in [2.75, 3.05) is 11.9 Å². The van der Waals surface area contributed by atoms with Gasteiger partial charge in [0.15, 0.2) is 5.13 Å². The highest BCUT2D eigenvalue weighted by atomic mass is 127. The van der Waals surface area contributed by atoms with Gasteiger partial charge in [-0.2, -0.15) is 0 Å². The van der Waals surface area contributed by atoms with Crippen LogP contribution in [0.25, 0.3) is 0 Å². The van der Waals surface area contributed by atoms with Gasteiger partial charge in [0.05, 0.1) is 17.8 Å². The number of benzene rings is 1. The molecule has 2 aromatic rings. The highest BCUT2D eigenvalue weighted by molar-refractivity contribution is 14.1. The Hall–Kier alpha value is -1.48. The summed E-state index contributed by atoms with van der Waals surface area (Å²) in [4.78, 5) is 32.4. The number of aromatic nitrogens is 1. The Morgan fingerprint density at radius 3 is 2.80 bits per heavy atom. The zero-order valence-corrected chi connectivity index (χ0v) is 16.6. The van der Waals surface area contributed by atoms with E-state index in [0.29, 0.717) is 18.2 Å². The van der Waals surface area contributed by atoms with Crippen molar-refractivity contribution in [1.29, 1.82) is 0 Å². The van der Waals surface area contributed by atoms with E-state index >= 15 is 0 Å². The van der Waals surface area contributed by atoms with Crippen molar-refractivity contribution < 1.29 is 9.59 Å². The van der Waals surface area contributed by atoms with Crippen molar-refractivity contribution in [1.82, 2.24) is 9.88 Å². The van der Waals surface area contributed by atoms with Crippen molar-refractivity contribution in [2.45, 2.75) is 32.2 Å². The topological polar surface area (TPSA) is 62.3 Å². The molecule has 2 aliphatic rings. The summed E-state index contributed by atoms with van der Waals surface area (Å²) in [6.45, 7) is 1.23. The first kappa shape index (κ1) is 17.0. The largest absolute Gasteiger partial charge is 0.333 e. The van der Waals surface area contributed by atoms with E-state index in [9.17, 15) is 9.59 Å². The average Bonchev–Trinajstić information content (AvgIpc) is 2.94. The van der Waals surface area contributed by atoms with Crippen molar-refractivity contribution in [2.24, 2.45) is 5.92 Å². The number of rotatable bonds is 3. The second kappa shape index (κ2) is 7.03. The van der Waals surface area contributed by atoms with Crippen LogP contribution in [0.3, 0.4) is 0 Å². The first-order valence-electron chi connectivity index (χ1n) is 8.45. The summed E-state index contributed by atoms with van der Waals surface area (Å²) in [5, 5.41) is 3.62. The van der Waals surface area contributed by atoms with Gasteiger partial charge >= 0.3 is 0 Å². The van der Waals surface area contributed by atoms with Crippen molar-refractivity contribution in [3.05, 3.63) is 44.0 Å². The first-order valence-corrected chi connectivity index (χ1v) is 10.3. The number of hydrogen-bond acceptors (Lipinski definition) is 4. The monoisotopic (exact) mass is 467 g/mol. The second-order valence-electron chi connectivity index (χ2n) is 6.46. The highest BCUT2D eigenvalue weighted by Crippen LogP contribution is 2.32. The van der Waals surface area contributed by atoms with Gasteiger partial charge in [-0.15, -0.1) is 0 Å². The molecule has 2 amide bonds. The molecule has 1 aromatic carbocycles. The zero-order valence-electron chi connectivity index (χ0n) is 13.6. The number of nitrogens with one attached hydrogen (secondary N) is 1. The molecule has 0 atom stereocenters. The van der Waals surface area contributed by atoms with Crippen LogP contribution in [0.4, 0.5) is 5.13 Å². The van der Waals surface area contributed by atoms with E-state index in [2.05, 4.69) is 32.9 Å². The van der Waals surface area contributed by atoms with E-state index in [1.165, 1.54) is 11.3 Å². The number of nitrogens with zero attached hydrogens (tertiary/aromatic N) is 2. The van der Waals surface area contributed by atoms with Crippen LogP contribution in [-0.2, 0) is 17.8 Å². The molecular formula is C18H18IN3O2S. The van der Waals surface area contributed by atoms with Crippen LogP contribution in [0.15, 0.2) is 24.3 Å². The summed E-state index contributed by atoms with van der Waals surface area (Å²) in [7, 11) is 0. The molecule has 0 spiro atoms. The van der Waals surface area contributed by atoms with Gasteiger partial charge in [0.2, 0.25) is 5.91 Å². The number of thiazole rings is 1. The van der Waals surface area contributed by atoms with Crippen molar-refractivity contribution in [3.63, 3.8) is 0 Å². The van der Waals surface area contributed by atoms with Gasteiger partial charge in [-0.1, -0.05) is 29.9 Å². The fourth-order valence-corrected chi connectivity index (χ4v) is 4.75. The van der Waals surface area contributed by atoms with E-state index in [1.807, 2.05) is 29.2 Å². The predicted octanol–water partition coefficient (Wildman–Crippen LogP) is 3.68. The number of hydrogen-bond donors (Lipinski definition) is 1. The lowest BCUT2D eigenvalue weighted by Crippen LogP contribution is -2.35. The molecule has 25 heavy (non-hydrogen) atoms. The lowest BCUT2D eigenvalue weighted by molar-refractivity contribution is -0.122. The zero-order chi connectivity index (χ0) is 17.4. The maximum absolute atomic E-state index is 12.8. The molecule has 0 bridgehead atoms. The fourth-order valence-electron chi connectivity index (χ4n) is 3.11. The normalized spacial score (nSPS) is 16.9. The summed E-state index contributed by atoms with van der Waals surface area (Å²) in [5.74, 6) is 0.299. The number of carbonyl (C=O) groups is 2. The Labute approximate surface area is 164 Å². The van der Waals surface area contributed by atoms with Crippen LogP contribution in [0.5, 0.6) is 0 Å². The summed E-state index contributed by atoms with van der Waals surface area (Å²) in [6, 6.07) is 7.65. The van der Waals surface area contributed by atoms with Crippen LogP contribution >= 0.6 is 33.9 Å². The maximum atomic E-state index is 12.8. The number of amides is 2. The Morgan fingerprint density at radius 2 is 2.08 bits per heavy atom. The third-order valence-corrected chi connectivity index (χ3v) is 6.77. The molecule has 0 saturated heterocycles. The van der Waals surface area contributed by atoms with Crippen molar-refractivity contribution >= 4 is 50.9 Å². The van der Waals surface area contributed by atoms with Crippen LogP contribution in [0.2, 0.25) is 0 Å². The molecular weight excluding hydrogens is 449 g/mol. The Bertz CT molecular complexity index is 831. The third-order valence-electron chi connectivity index (χ3n) is 4.83. The molecule has 0 unspecified atom stereocenters. The van der Waals surface area contributed by atoms with Gasteiger partial charge in [0.25, 0.3) is 5.91 Å². The first-order chi connectivity index (χ1) is 12.1. The SMILES string of the molecule is O=C(Nc1nc2c(s1)CN(C(=O)c1ccccc1I)CC2)C1CCC1. The average molecular weight is 467 g/mol. The summed E-state index contributed by atoms with van der Waals surface area (Å²) >= 11 is 3.70. The molecule has 5 nitrogen and oxygen atoms in total. The third kappa shape index (κ3) is 3.44. The Kier molecular flexibility index (Phi) is 4.77. The van der Waals surface area contributed by atoms with Gasteiger partial charge in [-0.25, -0.2) is 4.98 Å². The Balaban J connectivity index is 1.47. The minimum atomic E-state index is 0.0594. The minimum Gasteiger partial charge on any atom is -0.333 e. The molecule has 1 aliphatic carbocycles. The summed E-state index contributed by atoms with van der Waals surface area (Å²) in [5.41, 5.74) is 1.76. The maximum Gasteiger partial charge on any atom is 0.255 e. The quantitative estimate of drug-likeness (QED) is 0.701. The van der Waals surface area contributed by atoms with E-state index in [4.69, 9.17) is 0 Å². The fraction of sp³-hybridized carbons (Fsp3) is 0.389. The standard InChI is InChI=1S/C18H18IN3O2S/c19-13-7-2-1-6-12(13)17(24)22-9-8-14-15(10-22)25-18(20-14)21-16(23)11-4-3-5-11/h1-2,6-7,11H,3-5,8-10H2,(H,20,21,23). The highest BCUT2D eigenvalue weighted by Gasteiger charge is 2.28. The number of halogens is 1. The lowest BCUT2D eigenvalue weighted by atomic mass is 9.85. The molecule has 4 rings (SSSR count). The number of anilines is 1. The molecule has 0 radical (unpaired) electrons. The lowest BCUT2D eigenvalue weighted by Gasteiger charge is -2.26. The molecule has 1 aromatic heterocycles. The van der Waals surface area contributed by atoms with Crippen LogP contribution in [0.1, 0.15) is 40.2 Å². The smallest absolute Gasteiger partial charge is 0.255 e. The van der Waals surface area contributed by atoms with E-state index < -0.39 is 0 Å². The van der Waals surface area contributed by atoms with Gasteiger partial charge in [-0.3, -0.25) is 9.59 Å². The number of fused-ring (bicyclic) bond motifs is 1. The van der Waals surface area contributed by atoms with Gasteiger partial charge < -0.3 is 10.2 Å². The van der Waals surface area contributed by atoms with E-state index in [1.54, 1.807) is 0 Å². The molecule has 2 heterocycles. The summed E-state index contributed by atoms with van der Waals surface area (Å²) < 4.78 is 0.966. The molecule has 130 valence electrons. The van der Waals surface area contributed by atoms with Gasteiger partial charge in [-0.05, 0) is 47.6 Å². The molecule has 7 heteroatoms. The van der Waals surface area contributed by atoms with Crippen molar-refractivity contribution in [3.8, 4) is 0 Å². The van der Waals surface area contributed by atoms with E-state index in [-0.39, 0.29) is 17.7 Å². The minimum absolute atomic E-state index is 0.0594. The van der Waals surface area contributed by atoms with Crippen LogP contribution in [-0.4, -0.2) is 28.2 Å². The molecule has 1 saturated carbocycles. The predicted molar refractivity (Wildman–Crippen MR) is 106 cm³/mol. The summed E-state index contributed by atoms with van der Waals surface area (Å²) in [6.07, 6.45) is 3.84. The Morgan fingerprint density at radius 1 is 1.28 bits per heavy atom. The molecule has 1 fully saturated rings. The molecule has 1 N–H and O–H groups in total. The van der Waals surface area contributed by atoms with Crippen LogP contribution < -0.4 is 5.32 Å². The van der Waals surface area contributed by atoms with Crippen LogP contribution in [0, 0.1) is 9.49 Å². The second-order valence-corrected chi connectivity index (χ2v) is 8.71. The van der Waals surface area contributed by atoms with Gasteiger partial charge in [0.1, 0.15) is 0 Å². The van der Waals surface area contributed by atoms with Gasteiger partial charge in [0, 0.05) is 27.3 Å². The molecule has 1 aliphatic heterocycles. The number of carbonyl (C=O) groups excluding carboxylic acids is 2. The van der Waals surface area contributed by atoms with E-state index in [0.717, 1.165) is 45.4 Å².